The summed E-state index contributed by atoms with van der Waals surface area (Å²) in [6.45, 7) is 28.3. The van der Waals surface area contributed by atoms with Crippen molar-refractivity contribution in [3.63, 3.8) is 0 Å². The molecule has 13 heteroatoms. The van der Waals surface area contributed by atoms with Gasteiger partial charge in [0, 0.05) is 28.7 Å². The van der Waals surface area contributed by atoms with Crippen LogP contribution in [0.4, 0.5) is 0 Å². The highest BCUT2D eigenvalue weighted by atomic mass is 35.5. The second kappa shape index (κ2) is 16.0. The molecule has 3 aliphatic rings. The van der Waals surface area contributed by atoms with E-state index in [0.29, 0.717) is 18.5 Å². The molecule has 10 atom stereocenters. The number of hydrogen-bond acceptors (Lipinski definition) is 8. The summed E-state index contributed by atoms with van der Waals surface area (Å²) in [5.74, 6) is -1.37. The topological polar surface area (TPSA) is 127 Å². The van der Waals surface area contributed by atoms with Gasteiger partial charge >= 0.3 is 0 Å². The van der Waals surface area contributed by atoms with Crippen molar-refractivity contribution < 1.29 is 33.4 Å². The molecule has 3 N–H and O–H groups in total. The van der Waals surface area contributed by atoms with E-state index in [1.54, 1.807) is 13.8 Å². The lowest BCUT2D eigenvalue weighted by molar-refractivity contribution is -0.293. The molecule has 0 aromatic carbocycles. The number of Topliss-reactive ketones (excluding diaryl/α,β-unsaturated/α-hetero) is 1. The molecule has 2 fully saturated rings. The van der Waals surface area contributed by atoms with E-state index in [1.807, 2.05) is 34.6 Å². The third-order valence-electron chi connectivity index (χ3n) is 11.5. The van der Waals surface area contributed by atoms with Gasteiger partial charge in [-0.2, -0.15) is 0 Å². The normalized spacial score (nSPS) is 31.9. The van der Waals surface area contributed by atoms with Gasteiger partial charge in [0.1, 0.15) is 23.2 Å². The lowest BCUT2D eigenvalue weighted by atomic mass is 9.61. The average Bonchev–Trinajstić information content (AvgIpc) is 3.26. The van der Waals surface area contributed by atoms with Gasteiger partial charge in [-0.3, -0.25) is 14.4 Å². The largest absolute Gasteiger partial charge is 0.408 e. The number of nitrogens with one attached hydrogen (secondary N) is 2. The summed E-state index contributed by atoms with van der Waals surface area (Å²) in [7, 11) is -2.45. The molecule has 1 saturated carbocycles. The van der Waals surface area contributed by atoms with E-state index in [1.165, 1.54) is 11.8 Å². The molecule has 9 nitrogen and oxygen atoms in total. The lowest BCUT2D eigenvalue weighted by Crippen LogP contribution is -2.68. The highest BCUT2D eigenvalue weighted by Crippen LogP contribution is 2.49. The van der Waals surface area contributed by atoms with Gasteiger partial charge in [0.05, 0.1) is 34.7 Å². The van der Waals surface area contributed by atoms with Crippen LogP contribution < -0.4 is 5.32 Å². The number of ether oxygens (including phenoxy) is 2. The summed E-state index contributed by atoms with van der Waals surface area (Å²) in [5, 5.41) is 15.8. The number of amides is 1. The molecule has 4 rings (SSSR count). The second-order valence-corrected chi connectivity index (χ2v) is 25.1. The number of hydrogen-bond donors (Lipinski definition) is 3. The first-order valence-corrected chi connectivity index (χ1v) is 22.9. The third-order valence-corrected chi connectivity index (χ3v) is 17.9. The Balaban J connectivity index is 1.61. The zero-order chi connectivity index (χ0) is 39.3. The van der Waals surface area contributed by atoms with E-state index in [4.69, 9.17) is 37.1 Å². The summed E-state index contributed by atoms with van der Waals surface area (Å²) in [4.78, 5) is 43.1. The molecule has 2 heterocycles. The summed E-state index contributed by atoms with van der Waals surface area (Å²) in [6.07, 6.45) is 2.84. The molecule has 0 radical (unpaired) electrons. The van der Waals surface area contributed by atoms with Gasteiger partial charge in [-0.05, 0) is 63.6 Å². The van der Waals surface area contributed by atoms with Crippen LogP contribution in [-0.4, -0.2) is 76.2 Å². The number of aromatic nitrogens is 1. The molecule has 0 unspecified atom stereocenters. The fraction of sp³-hybridized carbons (Fsp3) is 0.718. The van der Waals surface area contributed by atoms with Crippen molar-refractivity contribution in [1.82, 2.24) is 10.3 Å². The van der Waals surface area contributed by atoms with Gasteiger partial charge in [-0.25, -0.2) is 0 Å². The fourth-order valence-electron chi connectivity index (χ4n) is 7.63. The minimum atomic E-state index is -2.45. The van der Waals surface area contributed by atoms with Crippen LogP contribution in [0.1, 0.15) is 104 Å². The van der Waals surface area contributed by atoms with E-state index in [0.717, 1.165) is 5.57 Å². The molecule has 1 amide bonds. The zero-order valence-corrected chi connectivity index (χ0v) is 36.3. The maximum absolute atomic E-state index is 13.8. The number of aliphatic hydroxyl groups is 1. The summed E-state index contributed by atoms with van der Waals surface area (Å²) < 4.78 is 19.9. The Morgan fingerprint density at radius 3 is 2.35 bits per heavy atom. The smallest absolute Gasteiger partial charge is 0.269 e. The molecule has 0 spiro atoms. The standard InChI is InChI=1S/C39H60Cl2N2O7SSi/c1-20-15-17-27(25-16-14-21(2)31(30(20)25)26(44)18-28(45)51-37(6,7)8)49-29-19-39(47,35(23(4)48-29)50-52(12,13)38(9,10)11)24(5)43-36(46)34-33(41)32(40)22(3)42-34/h14,16,21,23-25,27,29-31,35,42,47H,1,15,17-19H2,2-13H3,(H,43,46)/t21-,23+,24-,25-,27+,29-,30-,31+,35+,39+/m0/s1. The highest BCUT2D eigenvalue weighted by molar-refractivity contribution is 8.14. The van der Waals surface area contributed by atoms with Crippen LogP contribution in [0.5, 0.6) is 0 Å². The number of carbonyl (C=O) groups is 3. The summed E-state index contributed by atoms with van der Waals surface area (Å²) in [5.41, 5.74) is 0.0597. The van der Waals surface area contributed by atoms with Crippen LogP contribution in [0.2, 0.25) is 28.2 Å². The van der Waals surface area contributed by atoms with E-state index in [2.05, 4.69) is 62.9 Å². The van der Waals surface area contributed by atoms with Crippen molar-refractivity contribution in [1.29, 1.82) is 0 Å². The number of carbonyl (C=O) groups excluding carboxylic acids is 3. The number of fused-ring (bicyclic) bond motifs is 1. The lowest BCUT2D eigenvalue weighted by Gasteiger charge is -2.53. The first-order valence-electron chi connectivity index (χ1n) is 18.4. The molecule has 52 heavy (non-hydrogen) atoms. The number of rotatable bonds is 10. The van der Waals surface area contributed by atoms with Crippen LogP contribution in [0.3, 0.4) is 0 Å². The van der Waals surface area contributed by atoms with E-state index in [9.17, 15) is 19.5 Å². The number of aromatic amines is 1. The Labute approximate surface area is 325 Å². The van der Waals surface area contributed by atoms with Crippen molar-refractivity contribution >= 4 is 60.1 Å². The third kappa shape index (κ3) is 9.32. The Hall–Kier alpha value is -1.44. The van der Waals surface area contributed by atoms with Gasteiger partial charge in [0.15, 0.2) is 19.7 Å². The number of aryl methyl sites for hydroxylation is 1. The second-order valence-electron chi connectivity index (χ2n) is 17.7. The maximum atomic E-state index is 13.8. The Kier molecular flexibility index (Phi) is 13.3. The first kappa shape index (κ1) is 43.3. The SMILES string of the molecule is C=C1CC[C@@H](O[C@H]2C[C@@](O)([C@H](C)NC(=O)c3[nH]c(C)c(Cl)c3Cl)[C@H](O[Si](C)(C)C(C)(C)C)[C@@H](C)O2)[C@@H]2C=C[C@H](C)[C@H](C(=O)CC(=O)SC(C)(C)C)[C@@H]12. The van der Waals surface area contributed by atoms with E-state index < -0.39 is 50.3 Å². The number of halogens is 2. The Morgan fingerprint density at radius 2 is 1.79 bits per heavy atom. The monoisotopic (exact) mass is 798 g/mol. The predicted molar refractivity (Wildman–Crippen MR) is 212 cm³/mol. The van der Waals surface area contributed by atoms with Crippen molar-refractivity contribution in [2.45, 2.75) is 154 Å². The molecule has 1 aromatic rings. The van der Waals surface area contributed by atoms with Crippen LogP contribution in [0, 0.1) is 30.6 Å². The minimum absolute atomic E-state index is 0.0200. The molecule has 2 aliphatic carbocycles. The molecular weight excluding hydrogens is 739 g/mol. The molecule has 1 saturated heterocycles. The number of allylic oxidation sites excluding steroid dienone is 2. The highest BCUT2D eigenvalue weighted by Gasteiger charge is 2.56. The van der Waals surface area contributed by atoms with E-state index in [-0.39, 0.29) is 73.1 Å². The van der Waals surface area contributed by atoms with Gasteiger partial charge in [-0.15, -0.1) is 0 Å². The summed E-state index contributed by atoms with van der Waals surface area (Å²) >= 11 is 13.9. The van der Waals surface area contributed by atoms with Crippen molar-refractivity contribution in [3.8, 4) is 0 Å². The molecule has 0 bridgehead atoms. The van der Waals surface area contributed by atoms with Gasteiger partial charge < -0.3 is 29.3 Å². The van der Waals surface area contributed by atoms with Crippen LogP contribution in [0.15, 0.2) is 24.3 Å². The molecule has 1 aromatic heterocycles. The molecular formula is C39H60Cl2N2O7SSi. The van der Waals surface area contributed by atoms with Crippen molar-refractivity contribution in [2.75, 3.05) is 0 Å². The minimum Gasteiger partial charge on any atom is -0.408 e. The molecule has 1 aliphatic heterocycles. The average molecular weight is 800 g/mol. The fourth-order valence-corrected chi connectivity index (χ4v) is 10.3. The first-order chi connectivity index (χ1) is 23.8. The number of H-pyrrole nitrogens is 1. The number of thioether (sulfide) groups is 1. The maximum Gasteiger partial charge on any atom is 0.269 e. The van der Waals surface area contributed by atoms with Gasteiger partial charge in [-0.1, -0.05) is 108 Å². The van der Waals surface area contributed by atoms with Crippen molar-refractivity contribution in [2.24, 2.45) is 23.7 Å². The van der Waals surface area contributed by atoms with Crippen molar-refractivity contribution in [3.05, 3.63) is 45.7 Å². The van der Waals surface area contributed by atoms with Crippen LogP contribution in [-0.2, 0) is 23.5 Å². The Bertz CT molecular complexity index is 1570. The quantitative estimate of drug-likeness (QED) is 0.122. The van der Waals surface area contributed by atoms with E-state index >= 15 is 0 Å². The van der Waals surface area contributed by atoms with Gasteiger partial charge in [0.2, 0.25) is 0 Å². The van der Waals surface area contributed by atoms with Crippen LogP contribution in [0.25, 0.3) is 0 Å². The predicted octanol–water partition coefficient (Wildman–Crippen LogP) is 8.81. The van der Waals surface area contributed by atoms with Crippen LogP contribution >= 0.6 is 35.0 Å². The van der Waals surface area contributed by atoms with Gasteiger partial charge in [0.25, 0.3) is 5.91 Å². The zero-order valence-electron chi connectivity index (χ0n) is 32.9. The summed E-state index contributed by atoms with van der Waals surface area (Å²) in [6, 6.07) is -0.814. The number of ketones is 1. The Morgan fingerprint density at radius 1 is 1.15 bits per heavy atom. The molecule has 292 valence electrons.